The van der Waals surface area contributed by atoms with Crippen LogP contribution >= 0.6 is 0 Å². The standard InChI is InChI=1S/C34H30F9N3O4/c1-2-48-30(47)9-6-12-49-28-17-44-31(45-18-28)46(19-23-13-26(33(38,39)40)16-27(14-23)34(41,42)43)20-24-15-25(32(35,36)37)10-11-29(24)50-21-22-7-4-3-5-8-22/h3-5,7-8,10-11,13-18H,2,6,9,12,19-21H2,1H3. The number of halogens is 9. The van der Waals surface area contributed by atoms with Crippen LogP contribution in [0, 0.1) is 0 Å². The number of aromatic nitrogens is 2. The predicted octanol–water partition coefficient (Wildman–Crippen LogP) is 9.04. The number of hydrogen-bond acceptors (Lipinski definition) is 7. The fourth-order valence-electron chi connectivity index (χ4n) is 4.68. The van der Waals surface area contributed by atoms with Crippen LogP contribution in [0.3, 0.4) is 0 Å². The van der Waals surface area contributed by atoms with E-state index in [0.717, 1.165) is 23.1 Å². The number of benzene rings is 3. The summed E-state index contributed by atoms with van der Waals surface area (Å²) in [5.74, 6) is -0.583. The van der Waals surface area contributed by atoms with Gasteiger partial charge in [-0.15, -0.1) is 0 Å². The number of anilines is 1. The summed E-state index contributed by atoms with van der Waals surface area (Å²) in [4.78, 5) is 20.9. The van der Waals surface area contributed by atoms with Crippen molar-refractivity contribution in [2.24, 2.45) is 0 Å². The number of esters is 1. The van der Waals surface area contributed by atoms with Gasteiger partial charge in [0.15, 0.2) is 5.75 Å². The van der Waals surface area contributed by atoms with E-state index in [1.807, 2.05) is 0 Å². The average molecular weight is 716 g/mol. The fourth-order valence-corrected chi connectivity index (χ4v) is 4.68. The van der Waals surface area contributed by atoms with Crippen LogP contribution in [-0.4, -0.2) is 29.2 Å². The number of hydrogen-bond donors (Lipinski definition) is 0. The Balaban J connectivity index is 1.71. The highest BCUT2D eigenvalue weighted by molar-refractivity contribution is 5.69. The van der Waals surface area contributed by atoms with Crippen LogP contribution in [0.2, 0.25) is 0 Å². The first-order chi connectivity index (χ1) is 23.5. The zero-order chi connectivity index (χ0) is 36.5. The molecule has 0 unspecified atom stereocenters. The van der Waals surface area contributed by atoms with Crippen LogP contribution in [0.4, 0.5) is 45.5 Å². The number of carbonyl (C=O) groups excluding carboxylic acids is 1. The van der Waals surface area contributed by atoms with Crippen molar-refractivity contribution in [3.05, 3.63) is 113 Å². The molecule has 0 fully saturated rings. The lowest BCUT2D eigenvalue weighted by molar-refractivity contribution is -0.144. The minimum atomic E-state index is -5.14. The molecule has 16 heteroatoms. The van der Waals surface area contributed by atoms with Crippen molar-refractivity contribution in [1.29, 1.82) is 0 Å². The van der Waals surface area contributed by atoms with E-state index in [1.54, 1.807) is 37.3 Å². The van der Waals surface area contributed by atoms with Crippen LogP contribution in [0.5, 0.6) is 11.5 Å². The molecular formula is C34H30F9N3O4. The molecule has 0 aliphatic heterocycles. The summed E-state index contributed by atoms with van der Waals surface area (Å²) in [6, 6.07) is 12.3. The Morgan fingerprint density at radius 1 is 0.720 bits per heavy atom. The lowest BCUT2D eigenvalue weighted by atomic mass is 10.0. The van der Waals surface area contributed by atoms with Crippen molar-refractivity contribution in [1.82, 2.24) is 9.97 Å². The summed E-state index contributed by atoms with van der Waals surface area (Å²) >= 11 is 0. The van der Waals surface area contributed by atoms with Crippen molar-refractivity contribution >= 4 is 11.9 Å². The summed E-state index contributed by atoms with van der Waals surface area (Å²) in [6.45, 7) is 0.671. The molecule has 0 amide bonds. The zero-order valence-electron chi connectivity index (χ0n) is 26.3. The van der Waals surface area contributed by atoms with E-state index in [4.69, 9.17) is 14.2 Å². The molecule has 7 nitrogen and oxygen atoms in total. The highest BCUT2D eigenvalue weighted by atomic mass is 19.4. The molecule has 4 aromatic rings. The second-order valence-electron chi connectivity index (χ2n) is 10.8. The van der Waals surface area contributed by atoms with Gasteiger partial charge >= 0.3 is 24.5 Å². The summed E-state index contributed by atoms with van der Waals surface area (Å²) in [7, 11) is 0. The molecule has 0 atom stereocenters. The van der Waals surface area contributed by atoms with Crippen LogP contribution in [-0.2, 0) is 47.8 Å². The first kappa shape index (κ1) is 37.8. The molecule has 0 saturated carbocycles. The molecule has 1 aromatic heterocycles. The molecule has 0 N–H and O–H groups in total. The van der Waals surface area contributed by atoms with Crippen LogP contribution in [0.25, 0.3) is 0 Å². The van der Waals surface area contributed by atoms with Gasteiger partial charge in [-0.25, -0.2) is 9.97 Å². The minimum Gasteiger partial charge on any atom is -0.490 e. The normalized spacial score (nSPS) is 12.0. The maximum Gasteiger partial charge on any atom is 0.416 e. The minimum absolute atomic E-state index is 0.0200. The Labute approximate surface area is 280 Å². The highest BCUT2D eigenvalue weighted by Gasteiger charge is 2.37. The highest BCUT2D eigenvalue weighted by Crippen LogP contribution is 2.38. The third-order valence-electron chi connectivity index (χ3n) is 7.00. The molecule has 0 saturated heterocycles. The van der Waals surface area contributed by atoms with Crippen molar-refractivity contribution in [2.45, 2.75) is 58.0 Å². The monoisotopic (exact) mass is 715 g/mol. The number of alkyl halides is 9. The molecule has 0 bridgehead atoms. The van der Waals surface area contributed by atoms with Gasteiger partial charge < -0.3 is 19.1 Å². The third kappa shape index (κ3) is 11.0. The van der Waals surface area contributed by atoms with Gasteiger partial charge in [-0.05, 0) is 60.9 Å². The Hall–Kier alpha value is -5.02. The van der Waals surface area contributed by atoms with E-state index in [-0.39, 0.29) is 61.7 Å². The molecule has 3 aromatic carbocycles. The van der Waals surface area contributed by atoms with Gasteiger partial charge in [-0.3, -0.25) is 4.79 Å². The van der Waals surface area contributed by atoms with E-state index in [1.165, 1.54) is 12.4 Å². The topological polar surface area (TPSA) is 73.8 Å². The molecule has 0 radical (unpaired) electrons. The predicted molar refractivity (Wildman–Crippen MR) is 162 cm³/mol. The van der Waals surface area contributed by atoms with Gasteiger partial charge in [0.1, 0.15) is 12.4 Å². The first-order valence-corrected chi connectivity index (χ1v) is 15.0. The molecule has 50 heavy (non-hydrogen) atoms. The van der Waals surface area contributed by atoms with Crippen molar-refractivity contribution < 1.29 is 58.5 Å². The van der Waals surface area contributed by atoms with Gasteiger partial charge in [0.05, 0.1) is 42.3 Å². The molecule has 0 aliphatic carbocycles. The Bertz CT molecular complexity index is 1680. The summed E-state index contributed by atoms with van der Waals surface area (Å²) in [5, 5.41) is 0. The Morgan fingerprint density at radius 2 is 1.34 bits per heavy atom. The molecule has 4 rings (SSSR count). The lowest BCUT2D eigenvalue weighted by Gasteiger charge is -2.26. The van der Waals surface area contributed by atoms with Gasteiger partial charge in [-0.2, -0.15) is 39.5 Å². The second-order valence-corrected chi connectivity index (χ2v) is 10.8. The summed E-state index contributed by atoms with van der Waals surface area (Å²) in [5.41, 5.74) is -4.08. The molecule has 0 spiro atoms. The van der Waals surface area contributed by atoms with E-state index in [9.17, 15) is 44.3 Å². The van der Waals surface area contributed by atoms with Crippen molar-refractivity contribution in [3.8, 4) is 11.5 Å². The molecule has 1 heterocycles. The lowest BCUT2D eigenvalue weighted by Crippen LogP contribution is -2.25. The maximum atomic E-state index is 13.8. The van der Waals surface area contributed by atoms with E-state index in [2.05, 4.69) is 9.97 Å². The largest absolute Gasteiger partial charge is 0.490 e. The fraction of sp³-hybridized carbons (Fsp3) is 0.324. The van der Waals surface area contributed by atoms with E-state index >= 15 is 0 Å². The van der Waals surface area contributed by atoms with Gasteiger partial charge in [-0.1, -0.05) is 30.3 Å². The first-order valence-electron chi connectivity index (χ1n) is 15.0. The molecule has 0 aliphatic rings. The molecule has 268 valence electrons. The van der Waals surface area contributed by atoms with Gasteiger partial charge in [0, 0.05) is 25.1 Å². The van der Waals surface area contributed by atoms with Crippen molar-refractivity contribution in [2.75, 3.05) is 18.1 Å². The molecular weight excluding hydrogens is 685 g/mol. The summed E-state index contributed by atoms with van der Waals surface area (Å²) < 4.78 is 140. The third-order valence-corrected chi connectivity index (χ3v) is 7.00. The average Bonchev–Trinajstić information content (AvgIpc) is 3.05. The quantitative estimate of drug-likeness (QED) is 0.0733. The number of nitrogens with zero attached hydrogens (tertiary/aromatic N) is 3. The Kier molecular flexibility index (Phi) is 12.2. The maximum absolute atomic E-state index is 13.8. The van der Waals surface area contributed by atoms with E-state index in [0.29, 0.717) is 17.7 Å². The number of rotatable bonds is 14. The zero-order valence-corrected chi connectivity index (χ0v) is 26.3. The van der Waals surface area contributed by atoms with Gasteiger partial charge in [0.2, 0.25) is 5.95 Å². The van der Waals surface area contributed by atoms with E-state index < -0.39 is 59.8 Å². The van der Waals surface area contributed by atoms with Crippen LogP contribution in [0.1, 0.15) is 53.1 Å². The SMILES string of the molecule is CCOC(=O)CCCOc1cnc(N(Cc2cc(C(F)(F)F)cc(C(F)(F)F)c2)Cc2cc(C(F)(F)F)ccc2OCc2ccccc2)nc1. The van der Waals surface area contributed by atoms with Crippen LogP contribution < -0.4 is 14.4 Å². The second kappa shape index (κ2) is 16.1. The van der Waals surface area contributed by atoms with Gasteiger partial charge in [0.25, 0.3) is 0 Å². The van der Waals surface area contributed by atoms with Crippen molar-refractivity contribution in [3.63, 3.8) is 0 Å². The Morgan fingerprint density at radius 3 is 1.92 bits per heavy atom. The smallest absolute Gasteiger partial charge is 0.416 e. The number of carbonyl (C=O) groups is 1. The number of ether oxygens (including phenoxy) is 3. The summed E-state index contributed by atoms with van der Waals surface area (Å²) in [6.07, 6.45) is -12.4. The van der Waals surface area contributed by atoms with Crippen LogP contribution in [0.15, 0.2) is 79.1 Å².